The van der Waals surface area contributed by atoms with Gasteiger partial charge in [0.05, 0.1) is 12.0 Å². The van der Waals surface area contributed by atoms with E-state index in [2.05, 4.69) is 5.32 Å². The second-order valence-corrected chi connectivity index (χ2v) is 9.73. The molecule has 2 aromatic carbocycles. The van der Waals surface area contributed by atoms with Crippen LogP contribution in [0.1, 0.15) is 31.4 Å². The summed E-state index contributed by atoms with van der Waals surface area (Å²) in [6.45, 7) is 3.40. The van der Waals surface area contributed by atoms with Crippen molar-refractivity contribution in [3.05, 3.63) is 60.3 Å². The van der Waals surface area contributed by atoms with Crippen LogP contribution in [0, 0.1) is 0 Å². The summed E-state index contributed by atoms with van der Waals surface area (Å²) in [5.74, 6) is 0.662. The lowest BCUT2D eigenvalue weighted by Gasteiger charge is -2.17. The van der Waals surface area contributed by atoms with Gasteiger partial charge in [0.2, 0.25) is 15.9 Å². The Bertz CT molecular complexity index is 1180. The van der Waals surface area contributed by atoms with Gasteiger partial charge in [-0.1, -0.05) is 12.1 Å². The highest BCUT2D eigenvalue weighted by Crippen LogP contribution is 2.27. The standard InChI is InChI=1S/C23H27N3O4S/c1-17(23(27)24-16-18-5-7-20(30-2)8-6-18)26-14-11-19-15-21(9-10-22(19)26)31(28,29)25-12-3-4-13-25/h5-11,14-15,17H,3-4,12-13,16H2,1-2H3,(H,24,27)/t17-/m0/s1. The van der Waals surface area contributed by atoms with Crippen LogP contribution in [0.5, 0.6) is 5.75 Å². The van der Waals surface area contributed by atoms with Gasteiger partial charge in [0.15, 0.2) is 0 Å². The third-order valence-corrected chi connectivity index (χ3v) is 7.71. The molecule has 0 aliphatic carbocycles. The van der Waals surface area contributed by atoms with Crippen molar-refractivity contribution in [2.24, 2.45) is 0 Å². The van der Waals surface area contributed by atoms with Gasteiger partial charge in [0, 0.05) is 36.7 Å². The molecule has 3 aromatic rings. The summed E-state index contributed by atoms with van der Waals surface area (Å²) in [5, 5.41) is 3.76. The number of ether oxygens (including phenoxy) is 1. The molecule has 7 nitrogen and oxygen atoms in total. The van der Waals surface area contributed by atoms with Crippen LogP contribution in [0.25, 0.3) is 10.9 Å². The first kappa shape index (κ1) is 21.4. The van der Waals surface area contributed by atoms with Crippen molar-refractivity contribution in [1.82, 2.24) is 14.2 Å². The van der Waals surface area contributed by atoms with E-state index in [4.69, 9.17) is 4.74 Å². The molecule has 1 fully saturated rings. The Morgan fingerprint density at radius 2 is 1.81 bits per heavy atom. The predicted molar refractivity (Wildman–Crippen MR) is 119 cm³/mol. The Balaban J connectivity index is 1.48. The van der Waals surface area contributed by atoms with E-state index in [-0.39, 0.29) is 5.91 Å². The molecule has 0 radical (unpaired) electrons. The molecule has 31 heavy (non-hydrogen) atoms. The number of hydrogen-bond donors (Lipinski definition) is 1. The van der Waals surface area contributed by atoms with Crippen molar-refractivity contribution in [3.63, 3.8) is 0 Å². The van der Waals surface area contributed by atoms with Gasteiger partial charge in [-0.2, -0.15) is 4.31 Å². The van der Waals surface area contributed by atoms with Crippen LogP contribution < -0.4 is 10.1 Å². The fourth-order valence-electron chi connectivity index (χ4n) is 3.92. The Morgan fingerprint density at radius 3 is 2.48 bits per heavy atom. The number of rotatable bonds is 7. The van der Waals surface area contributed by atoms with E-state index in [0.29, 0.717) is 24.5 Å². The van der Waals surface area contributed by atoms with Crippen molar-refractivity contribution in [2.75, 3.05) is 20.2 Å². The lowest BCUT2D eigenvalue weighted by molar-refractivity contribution is -0.123. The van der Waals surface area contributed by atoms with Gasteiger partial charge in [-0.25, -0.2) is 8.42 Å². The highest BCUT2D eigenvalue weighted by atomic mass is 32.2. The number of nitrogens with one attached hydrogen (secondary N) is 1. The molecule has 4 rings (SSSR count). The number of methoxy groups -OCH3 is 1. The average Bonchev–Trinajstić information content (AvgIpc) is 3.47. The first-order valence-electron chi connectivity index (χ1n) is 10.4. The number of hydrogen-bond acceptors (Lipinski definition) is 4. The van der Waals surface area contributed by atoms with Crippen LogP contribution in [0.2, 0.25) is 0 Å². The maximum Gasteiger partial charge on any atom is 0.243 e. The van der Waals surface area contributed by atoms with E-state index < -0.39 is 16.1 Å². The molecule has 1 atom stereocenters. The van der Waals surface area contributed by atoms with Crippen LogP contribution in [0.15, 0.2) is 59.6 Å². The fourth-order valence-corrected chi connectivity index (χ4v) is 5.48. The Labute approximate surface area is 182 Å². The van der Waals surface area contributed by atoms with Gasteiger partial charge in [-0.3, -0.25) is 4.79 Å². The lowest BCUT2D eigenvalue weighted by atomic mass is 10.2. The average molecular weight is 442 g/mol. The number of sulfonamides is 1. The first-order chi connectivity index (χ1) is 14.9. The minimum Gasteiger partial charge on any atom is -0.497 e. The molecule has 8 heteroatoms. The molecule has 1 aliphatic rings. The number of amides is 1. The third kappa shape index (κ3) is 4.31. The summed E-state index contributed by atoms with van der Waals surface area (Å²) >= 11 is 0. The Kier molecular flexibility index (Phi) is 6.02. The molecule has 1 aliphatic heterocycles. The van der Waals surface area contributed by atoms with Gasteiger partial charge < -0.3 is 14.6 Å². The zero-order valence-corrected chi connectivity index (χ0v) is 18.6. The number of fused-ring (bicyclic) bond motifs is 1. The van der Waals surface area contributed by atoms with Crippen molar-refractivity contribution >= 4 is 26.8 Å². The highest BCUT2D eigenvalue weighted by Gasteiger charge is 2.27. The smallest absolute Gasteiger partial charge is 0.243 e. The number of benzene rings is 2. The van der Waals surface area contributed by atoms with Crippen molar-refractivity contribution in [1.29, 1.82) is 0 Å². The summed E-state index contributed by atoms with van der Waals surface area (Å²) in [6, 6.07) is 14.1. The molecule has 0 unspecified atom stereocenters. The number of carbonyl (C=O) groups is 1. The molecule has 164 valence electrons. The van der Waals surface area contributed by atoms with Gasteiger partial charge in [0.1, 0.15) is 11.8 Å². The largest absolute Gasteiger partial charge is 0.497 e. The molecule has 1 aromatic heterocycles. The maximum atomic E-state index is 12.8. The third-order valence-electron chi connectivity index (χ3n) is 5.82. The quantitative estimate of drug-likeness (QED) is 0.610. The molecule has 1 amide bonds. The summed E-state index contributed by atoms with van der Waals surface area (Å²) in [5.41, 5.74) is 1.81. The van der Waals surface area contributed by atoms with Gasteiger partial charge >= 0.3 is 0 Å². The predicted octanol–water partition coefficient (Wildman–Crippen LogP) is 3.31. The fraction of sp³-hybridized carbons (Fsp3) is 0.348. The molecule has 0 bridgehead atoms. The lowest BCUT2D eigenvalue weighted by Crippen LogP contribution is -2.30. The number of carbonyl (C=O) groups excluding carboxylic acids is 1. The van der Waals surface area contributed by atoms with Crippen molar-refractivity contribution < 1.29 is 17.9 Å². The summed E-state index contributed by atoms with van der Waals surface area (Å²) in [7, 11) is -1.85. The van der Waals surface area contributed by atoms with E-state index in [1.54, 1.807) is 29.6 Å². The summed E-state index contributed by atoms with van der Waals surface area (Å²) in [4.78, 5) is 13.0. The number of aromatic nitrogens is 1. The zero-order valence-electron chi connectivity index (χ0n) is 17.7. The minimum atomic E-state index is -3.47. The summed E-state index contributed by atoms with van der Waals surface area (Å²) in [6.07, 6.45) is 3.64. The zero-order chi connectivity index (χ0) is 22.0. The van der Waals surface area contributed by atoms with Crippen molar-refractivity contribution in [2.45, 2.75) is 37.2 Å². The summed E-state index contributed by atoms with van der Waals surface area (Å²) < 4.78 is 34.2. The van der Waals surface area contributed by atoms with E-state index in [1.165, 1.54) is 0 Å². The second-order valence-electron chi connectivity index (χ2n) is 7.80. The molecule has 1 N–H and O–H groups in total. The van der Waals surface area contributed by atoms with Gasteiger partial charge in [-0.15, -0.1) is 0 Å². The van der Waals surface area contributed by atoms with E-state index in [1.807, 2.05) is 48.0 Å². The van der Waals surface area contributed by atoms with E-state index >= 15 is 0 Å². The monoisotopic (exact) mass is 441 g/mol. The second kappa shape index (κ2) is 8.72. The van der Waals surface area contributed by atoms with Gasteiger partial charge in [-0.05, 0) is 61.7 Å². The van der Waals surface area contributed by atoms with Crippen molar-refractivity contribution in [3.8, 4) is 5.75 Å². The maximum absolute atomic E-state index is 12.8. The molecule has 2 heterocycles. The van der Waals surface area contributed by atoms with E-state index in [0.717, 1.165) is 35.1 Å². The normalized spacial score (nSPS) is 15.8. The Hall–Kier alpha value is -2.84. The molecule has 0 spiro atoms. The topological polar surface area (TPSA) is 80.6 Å². The molecule has 1 saturated heterocycles. The van der Waals surface area contributed by atoms with Crippen LogP contribution >= 0.6 is 0 Å². The van der Waals surface area contributed by atoms with Crippen LogP contribution in [0.4, 0.5) is 0 Å². The van der Waals surface area contributed by atoms with Gasteiger partial charge in [0.25, 0.3) is 0 Å². The van der Waals surface area contributed by atoms with Crippen LogP contribution in [0.3, 0.4) is 0 Å². The van der Waals surface area contributed by atoms with Crippen LogP contribution in [-0.2, 0) is 21.4 Å². The highest BCUT2D eigenvalue weighted by molar-refractivity contribution is 7.89. The number of nitrogens with zero attached hydrogens (tertiary/aromatic N) is 2. The molecule has 0 saturated carbocycles. The minimum absolute atomic E-state index is 0.109. The first-order valence-corrected chi connectivity index (χ1v) is 11.9. The van der Waals surface area contributed by atoms with Crippen LogP contribution in [-0.4, -0.2) is 43.4 Å². The molecular formula is C23H27N3O4S. The SMILES string of the molecule is COc1ccc(CNC(=O)[C@H](C)n2ccc3cc(S(=O)(=O)N4CCCC4)ccc32)cc1. The Morgan fingerprint density at radius 1 is 1.10 bits per heavy atom. The van der Waals surface area contributed by atoms with E-state index in [9.17, 15) is 13.2 Å². The molecular weight excluding hydrogens is 414 g/mol.